The molecule has 0 spiro atoms. The van der Waals surface area contributed by atoms with Gasteiger partial charge in [-0.3, -0.25) is 4.79 Å². The molecule has 0 saturated carbocycles. The van der Waals surface area contributed by atoms with Crippen molar-refractivity contribution < 1.29 is 9.18 Å². The maximum absolute atomic E-state index is 14.1. The van der Waals surface area contributed by atoms with E-state index in [2.05, 4.69) is 32.4 Å². The van der Waals surface area contributed by atoms with Crippen LogP contribution in [-0.2, 0) is 0 Å². The van der Waals surface area contributed by atoms with Crippen LogP contribution in [0.2, 0.25) is 0 Å². The van der Waals surface area contributed by atoms with E-state index in [4.69, 9.17) is 0 Å². The zero-order valence-corrected chi connectivity index (χ0v) is 17.7. The normalized spacial score (nSPS) is 16.1. The number of nitrogens with zero attached hydrogens (tertiary/aromatic N) is 4. The number of aryl methyl sites for hydroxylation is 1. The fraction of sp³-hybridized carbons (Fsp3) is 0.316. The minimum atomic E-state index is -0.484. The molecule has 0 bridgehead atoms. The highest BCUT2D eigenvalue weighted by Crippen LogP contribution is 2.18. The van der Waals surface area contributed by atoms with Gasteiger partial charge in [0.2, 0.25) is 0 Å². The lowest BCUT2D eigenvalue weighted by molar-refractivity contribution is 0.102. The van der Waals surface area contributed by atoms with Gasteiger partial charge in [-0.15, -0.1) is 24.8 Å². The van der Waals surface area contributed by atoms with Crippen molar-refractivity contribution in [3.05, 3.63) is 53.9 Å². The van der Waals surface area contributed by atoms with Crippen molar-refractivity contribution in [1.29, 1.82) is 0 Å². The lowest BCUT2D eigenvalue weighted by Crippen LogP contribution is -2.49. The van der Waals surface area contributed by atoms with E-state index in [1.54, 1.807) is 36.0 Å². The molecule has 156 valence electrons. The molecule has 0 aliphatic carbocycles. The SMILES string of the molecule is Cc1cn2cc(NC(=O)c3ccc(N4CCNC(C)C4)nc3)cc(F)c2n1.Cl.Cl. The molecule has 1 aliphatic heterocycles. The van der Waals surface area contributed by atoms with Gasteiger partial charge in [-0.2, -0.15) is 0 Å². The zero-order chi connectivity index (χ0) is 19.0. The van der Waals surface area contributed by atoms with Gasteiger partial charge in [0, 0.05) is 50.3 Å². The second-order valence-electron chi connectivity index (χ2n) is 6.85. The van der Waals surface area contributed by atoms with Crippen molar-refractivity contribution in [2.24, 2.45) is 0 Å². The molecule has 1 unspecified atom stereocenters. The first-order valence-corrected chi connectivity index (χ1v) is 8.90. The van der Waals surface area contributed by atoms with Crippen molar-refractivity contribution in [2.75, 3.05) is 29.9 Å². The summed E-state index contributed by atoms with van der Waals surface area (Å²) in [4.78, 5) is 23.2. The number of aromatic nitrogens is 3. The van der Waals surface area contributed by atoms with Crippen LogP contribution >= 0.6 is 24.8 Å². The highest BCUT2D eigenvalue weighted by atomic mass is 35.5. The molecule has 4 rings (SSSR count). The summed E-state index contributed by atoms with van der Waals surface area (Å²) in [6, 6.07) is 5.25. The molecule has 7 nitrogen and oxygen atoms in total. The molecular formula is C19H23Cl2FN6O. The number of imidazole rings is 1. The standard InChI is InChI=1S/C19H21FN6O.2ClH/c1-12-9-25(6-5-21-12)17-4-3-14(8-22-17)19(27)24-15-7-16(20)18-23-13(2)10-26(18)11-15;;/h3-4,7-8,10-12,21H,5-6,9H2,1-2H3,(H,24,27);2*1H. The van der Waals surface area contributed by atoms with Crippen molar-refractivity contribution >= 4 is 47.9 Å². The summed E-state index contributed by atoms with van der Waals surface area (Å²) in [5.41, 5.74) is 1.73. The van der Waals surface area contributed by atoms with Crippen LogP contribution < -0.4 is 15.5 Å². The van der Waals surface area contributed by atoms with Gasteiger partial charge in [-0.25, -0.2) is 14.4 Å². The second kappa shape index (κ2) is 9.39. The molecule has 1 saturated heterocycles. The van der Waals surface area contributed by atoms with E-state index in [1.165, 1.54) is 6.07 Å². The third-order valence-electron chi connectivity index (χ3n) is 4.59. The number of fused-ring (bicyclic) bond motifs is 1. The zero-order valence-electron chi connectivity index (χ0n) is 16.1. The number of hydrogen-bond acceptors (Lipinski definition) is 5. The maximum atomic E-state index is 14.1. The average Bonchev–Trinajstić information content (AvgIpc) is 3.03. The monoisotopic (exact) mass is 440 g/mol. The number of carbonyl (C=O) groups excluding carboxylic acids is 1. The summed E-state index contributed by atoms with van der Waals surface area (Å²) >= 11 is 0. The number of amides is 1. The van der Waals surface area contributed by atoms with Crippen LogP contribution in [0.4, 0.5) is 15.9 Å². The Bertz CT molecular complexity index is 994. The lowest BCUT2D eigenvalue weighted by atomic mass is 10.2. The molecule has 4 heterocycles. The van der Waals surface area contributed by atoms with Gasteiger partial charge < -0.3 is 19.9 Å². The van der Waals surface area contributed by atoms with E-state index in [0.717, 1.165) is 25.5 Å². The minimum Gasteiger partial charge on any atom is -0.354 e. The number of piperazine rings is 1. The lowest BCUT2D eigenvalue weighted by Gasteiger charge is -2.32. The third kappa shape index (κ3) is 4.95. The topological polar surface area (TPSA) is 74.6 Å². The Morgan fingerprint density at radius 2 is 2.10 bits per heavy atom. The van der Waals surface area contributed by atoms with Crippen molar-refractivity contribution in [3.63, 3.8) is 0 Å². The predicted octanol–water partition coefficient (Wildman–Crippen LogP) is 3.07. The average molecular weight is 441 g/mol. The van der Waals surface area contributed by atoms with Crippen molar-refractivity contribution in [1.82, 2.24) is 19.7 Å². The number of hydrogen-bond donors (Lipinski definition) is 2. The Hall–Kier alpha value is -2.42. The number of halogens is 3. The van der Waals surface area contributed by atoms with Gasteiger partial charge in [-0.05, 0) is 26.0 Å². The van der Waals surface area contributed by atoms with E-state index < -0.39 is 5.82 Å². The Morgan fingerprint density at radius 1 is 1.31 bits per heavy atom. The number of rotatable bonds is 3. The first-order valence-electron chi connectivity index (χ1n) is 8.90. The van der Waals surface area contributed by atoms with E-state index in [9.17, 15) is 9.18 Å². The minimum absolute atomic E-state index is 0. The maximum Gasteiger partial charge on any atom is 0.257 e. The molecule has 10 heteroatoms. The molecule has 1 atom stereocenters. The number of nitrogens with one attached hydrogen (secondary N) is 2. The van der Waals surface area contributed by atoms with Crippen LogP contribution in [0.5, 0.6) is 0 Å². The molecule has 0 aromatic carbocycles. The molecule has 1 amide bonds. The predicted molar refractivity (Wildman–Crippen MR) is 116 cm³/mol. The summed E-state index contributed by atoms with van der Waals surface area (Å²) in [5.74, 6) is 0.0294. The largest absolute Gasteiger partial charge is 0.354 e. The van der Waals surface area contributed by atoms with E-state index in [0.29, 0.717) is 23.0 Å². The molecule has 1 aliphatic rings. The van der Waals surface area contributed by atoms with E-state index in [1.807, 2.05) is 6.07 Å². The summed E-state index contributed by atoms with van der Waals surface area (Å²) in [5, 5.41) is 6.10. The molecule has 2 N–H and O–H groups in total. The van der Waals surface area contributed by atoms with Gasteiger partial charge in [-0.1, -0.05) is 0 Å². The molecule has 29 heavy (non-hydrogen) atoms. The molecule has 0 radical (unpaired) electrons. The highest BCUT2D eigenvalue weighted by Gasteiger charge is 2.17. The smallest absolute Gasteiger partial charge is 0.257 e. The summed E-state index contributed by atoms with van der Waals surface area (Å²) in [6.07, 6.45) is 4.90. The van der Waals surface area contributed by atoms with Crippen LogP contribution in [-0.4, -0.2) is 46.0 Å². The van der Waals surface area contributed by atoms with Gasteiger partial charge in [0.1, 0.15) is 5.82 Å². The molecule has 1 fully saturated rings. The fourth-order valence-corrected chi connectivity index (χ4v) is 3.30. The highest BCUT2D eigenvalue weighted by molar-refractivity contribution is 6.04. The van der Waals surface area contributed by atoms with Crippen molar-refractivity contribution in [3.8, 4) is 0 Å². The first kappa shape index (κ1) is 22.9. The van der Waals surface area contributed by atoms with Gasteiger partial charge in [0.05, 0.1) is 16.9 Å². The summed E-state index contributed by atoms with van der Waals surface area (Å²) < 4.78 is 15.7. The molecule has 3 aromatic rings. The Kier molecular flexibility index (Phi) is 7.40. The van der Waals surface area contributed by atoms with Crippen LogP contribution in [0.25, 0.3) is 5.65 Å². The van der Waals surface area contributed by atoms with E-state index >= 15 is 0 Å². The Morgan fingerprint density at radius 3 is 2.79 bits per heavy atom. The summed E-state index contributed by atoms with van der Waals surface area (Å²) in [6.45, 7) is 6.59. The number of carbonyl (C=O) groups is 1. The molecular weight excluding hydrogens is 418 g/mol. The van der Waals surface area contributed by atoms with Crippen LogP contribution in [0.1, 0.15) is 23.0 Å². The second-order valence-corrected chi connectivity index (χ2v) is 6.85. The van der Waals surface area contributed by atoms with Gasteiger partial charge in [0.15, 0.2) is 11.5 Å². The van der Waals surface area contributed by atoms with Crippen LogP contribution in [0.15, 0.2) is 36.8 Å². The number of anilines is 2. The quantitative estimate of drug-likeness (QED) is 0.654. The van der Waals surface area contributed by atoms with Gasteiger partial charge >= 0.3 is 0 Å². The van der Waals surface area contributed by atoms with E-state index in [-0.39, 0.29) is 36.4 Å². The fourth-order valence-electron chi connectivity index (χ4n) is 3.30. The summed E-state index contributed by atoms with van der Waals surface area (Å²) in [7, 11) is 0. The van der Waals surface area contributed by atoms with Crippen LogP contribution in [0, 0.1) is 12.7 Å². The first-order chi connectivity index (χ1) is 13.0. The Labute approximate surface area is 180 Å². The van der Waals surface area contributed by atoms with Crippen molar-refractivity contribution in [2.45, 2.75) is 19.9 Å². The third-order valence-corrected chi connectivity index (χ3v) is 4.59. The molecule has 3 aromatic heterocycles. The van der Waals surface area contributed by atoms with Gasteiger partial charge in [0.25, 0.3) is 5.91 Å². The number of pyridine rings is 2. The van der Waals surface area contributed by atoms with Crippen LogP contribution in [0.3, 0.4) is 0 Å². The Balaban J connectivity index is 0.00000150.